The van der Waals surface area contributed by atoms with E-state index in [0.29, 0.717) is 0 Å². The van der Waals surface area contributed by atoms with Gasteiger partial charge in [-0.15, -0.1) is 0 Å². The summed E-state index contributed by atoms with van der Waals surface area (Å²) in [5.74, 6) is 0.905. The van der Waals surface area contributed by atoms with Gasteiger partial charge >= 0.3 is 0 Å². The molecule has 0 amide bonds. The average molecular weight is 615 g/mol. The summed E-state index contributed by atoms with van der Waals surface area (Å²) in [7, 11) is 0. The summed E-state index contributed by atoms with van der Waals surface area (Å²) in [4.78, 5) is 4.85. The summed E-state index contributed by atoms with van der Waals surface area (Å²) >= 11 is 0. The molecular weight excluding hydrogens is 585 g/mol. The van der Waals surface area contributed by atoms with E-state index in [1.165, 1.54) is 0 Å². The van der Waals surface area contributed by atoms with Crippen LogP contribution in [-0.4, -0.2) is 9.55 Å². The molecule has 0 aliphatic heterocycles. The Morgan fingerprint density at radius 2 is 0.938 bits per heavy atom. The number of furan rings is 1. The smallest absolute Gasteiger partial charge is 0.144 e. The van der Waals surface area contributed by atoms with Crippen LogP contribution in [0.2, 0.25) is 0 Å². The van der Waals surface area contributed by atoms with Crippen LogP contribution in [0.4, 0.5) is 0 Å². The molecule has 226 valence electrons. The molecule has 0 saturated heterocycles. The highest BCUT2D eigenvalue weighted by Gasteiger charge is 2.20. The highest BCUT2D eigenvalue weighted by molar-refractivity contribution is 6.06. The third-order valence-electron chi connectivity index (χ3n) is 9.10. The number of rotatable bonds is 6. The van der Waals surface area contributed by atoms with Gasteiger partial charge in [-0.05, 0) is 69.8 Å². The molecule has 3 heteroatoms. The maximum absolute atomic E-state index is 6.12. The number of imidazole rings is 1. The number of nitrogens with zero attached hydrogens (tertiary/aromatic N) is 2. The van der Waals surface area contributed by atoms with Gasteiger partial charge in [-0.1, -0.05) is 133 Å². The first-order chi connectivity index (χ1) is 23.8. The van der Waals surface area contributed by atoms with Gasteiger partial charge in [-0.25, -0.2) is 4.98 Å². The van der Waals surface area contributed by atoms with Crippen LogP contribution in [-0.2, 0) is 0 Å². The zero-order valence-corrected chi connectivity index (χ0v) is 26.1. The lowest BCUT2D eigenvalue weighted by atomic mass is 9.89. The second kappa shape index (κ2) is 11.7. The van der Waals surface area contributed by atoms with Crippen LogP contribution in [0.25, 0.3) is 83.5 Å². The van der Waals surface area contributed by atoms with Gasteiger partial charge < -0.3 is 4.42 Å². The molecule has 0 aliphatic carbocycles. The average Bonchev–Trinajstić information content (AvgIpc) is 3.80. The molecule has 2 aromatic heterocycles. The van der Waals surface area contributed by atoms with E-state index in [1.807, 2.05) is 24.4 Å². The molecule has 0 aliphatic rings. The van der Waals surface area contributed by atoms with E-state index in [4.69, 9.17) is 9.40 Å². The fourth-order valence-corrected chi connectivity index (χ4v) is 6.80. The Labute approximate surface area is 279 Å². The molecule has 3 nitrogen and oxygen atoms in total. The molecule has 9 rings (SSSR count). The maximum Gasteiger partial charge on any atom is 0.144 e. The van der Waals surface area contributed by atoms with Crippen molar-refractivity contribution in [2.45, 2.75) is 0 Å². The SMILES string of the molecule is c1ccc(-c2cc(-c3cccc(-c4ccc5oc6ccccc6c5c4)c3)cc(-c3ccccc3)c2-n2ccnc2-c2ccccc2)cc1. The van der Waals surface area contributed by atoms with Gasteiger partial charge in [0.2, 0.25) is 0 Å². The first kappa shape index (κ1) is 27.8. The van der Waals surface area contributed by atoms with Gasteiger partial charge in [-0.3, -0.25) is 4.57 Å². The Kier molecular flexibility index (Phi) is 6.80. The van der Waals surface area contributed by atoms with Crippen LogP contribution in [0.5, 0.6) is 0 Å². The lowest BCUT2D eigenvalue weighted by Crippen LogP contribution is -2.03. The van der Waals surface area contributed by atoms with Crippen LogP contribution in [0.1, 0.15) is 0 Å². The Balaban J connectivity index is 1.26. The molecule has 0 fully saturated rings. The fraction of sp³-hybridized carbons (Fsp3) is 0. The van der Waals surface area contributed by atoms with Crippen LogP contribution in [0.3, 0.4) is 0 Å². The largest absolute Gasteiger partial charge is 0.456 e. The second-order valence-electron chi connectivity index (χ2n) is 12.0. The van der Waals surface area contributed by atoms with Gasteiger partial charge in [0.1, 0.15) is 17.0 Å². The molecule has 0 bridgehead atoms. The van der Waals surface area contributed by atoms with Gasteiger partial charge in [0.05, 0.1) is 5.69 Å². The van der Waals surface area contributed by atoms with Crippen LogP contribution in [0.15, 0.2) is 187 Å². The molecule has 0 spiro atoms. The predicted molar refractivity (Wildman–Crippen MR) is 198 cm³/mol. The van der Waals surface area contributed by atoms with E-state index in [9.17, 15) is 0 Å². The van der Waals surface area contributed by atoms with E-state index in [0.717, 1.165) is 83.5 Å². The number of fused-ring (bicyclic) bond motifs is 3. The molecular formula is C45H30N2O. The summed E-state index contributed by atoms with van der Waals surface area (Å²) in [5, 5.41) is 2.26. The van der Waals surface area contributed by atoms with Crippen LogP contribution in [0, 0.1) is 0 Å². The van der Waals surface area contributed by atoms with Crippen molar-refractivity contribution in [2.24, 2.45) is 0 Å². The topological polar surface area (TPSA) is 31.0 Å². The third kappa shape index (κ3) is 4.90. The molecule has 0 unspecified atom stereocenters. The fourth-order valence-electron chi connectivity index (χ4n) is 6.80. The zero-order chi connectivity index (χ0) is 31.9. The minimum atomic E-state index is 0.904. The molecule has 0 radical (unpaired) electrons. The van der Waals surface area contributed by atoms with Crippen molar-refractivity contribution in [1.82, 2.24) is 9.55 Å². The van der Waals surface area contributed by atoms with Crippen LogP contribution >= 0.6 is 0 Å². The highest BCUT2D eigenvalue weighted by atomic mass is 16.3. The minimum absolute atomic E-state index is 0.904. The van der Waals surface area contributed by atoms with E-state index < -0.39 is 0 Å². The van der Waals surface area contributed by atoms with Gasteiger partial charge in [-0.2, -0.15) is 0 Å². The number of hydrogen-bond donors (Lipinski definition) is 0. The van der Waals surface area contributed by atoms with Crippen molar-refractivity contribution >= 4 is 21.9 Å². The van der Waals surface area contributed by atoms with Gasteiger partial charge in [0.15, 0.2) is 0 Å². The Hall–Kier alpha value is -6.45. The summed E-state index contributed by atoms with van der Waals surface area (Å²) in [6.07, 6.45) is 3.97. The van der Waals surface area contributed by atoms with Crippen molar-refractivity contribution in [3.8, 4) is 61.6 Å². The minimum Gasteiger partial charge on any atom is -0.456 e. The zero-order valence-electron chi connectivity index (χ0n) is 26.1. The normalized spacial score (nSPS) is 11.3. The van der Waals surface area contributed by atoms with E-state index in [1.54, 1.807) is 0 Å². The first-order valence-electron chi connectivity index (χ1n) is 16.2. The summed E-state index contributed by atoms with van der Waals surface area (Å²) in [6.45, 7) is 0. The van der Waals surface area contributed by atoms with Crippen LogP contribution < -0.4 is 0 Å². The summed E-state index contributed by atoms with van der Waals surface area (Å²) < 4.78 is 8.36. The standard InChI is InChI=1S/C45H30N2O/c1-4-13-31(14-5-1)39-29-37(35-20-12-19-34(27-35)36-23-24-43-41(28-36)38-21-10-11-22-42(38)48-43)30-40(32-15-6-2-7-16-32)44(39)47-26-25-46-45(47)33-17-8-3-9-18-33/h1-30H. The van der Waals surface area contributed by atoms with E-state index in [-0.39, 0.29) is 0 Å². The first-order valence-corrected chi connectivity index (χ1v) is 16.2. The second-order valence-corrected chi connectivity index (χ2v) is 12.0. The van der Waals surface area contributed by atoms with Gasteiger partial charge in [0.25, 0.3) is 0 Å². The van der Waals surface area contributed by atoms with Crippen molar-refractivity contribution in [2.75, 3.05) is 0 Å². The summed E-state index contributed by atoms with van der Waals surface area (Å²) in [5.41, 5.74) is 13.2. The number of benzene rings is 7. The Morgan fingerprint density at radius 3 is 1.62 bits per heavy atom. The Bertz CT molecular complexity index is 2480. The van der Waals surface area contributed by atoms with E-state index >= 15 is 0 Å². The van der Waals surface area contributed by atoms with Crippen molar-refractivity contribution in [3.63, 3.8) is 0 Å². The van der Waals surface area contributed by atoms with Crippen molar-refractivity contribution < 1.29 is 4.42 Å². The number of para-hydroxylation sites is 1. The predicted octanol–water partition coefficient (Wildman–Crippen LogP) is 12.1. The quantitative estimate of drug-likeness (QED) is 0.187. The monoisotopic (exact) mass is 614 g/mol. The highest BCUT2D eigenvalue weighted by Crippen LogP contribution is 2.42. The Morgan fingerprint density at radius 1 is 0.396 bits per heavy atom. The molecule has 9 aromatic rings. The molecule has 0 atom stereocenters. The maximum atomic E-state index is 6.12. The van der Waals surface area contributed by atoms with E-state index in [2.05, 4.69) is 162 Å². The molecule has 7 aromatic carbocycles. The molecule has 0 saturated carbocycles. The van der Waals surface area contributed by atoms with Gasteiger partial charge in [0, 0.05) is 39.9 Å². The third-order valence-corrected chi connectivity index (χ3v) is 9.10. The number of aromatic nitrogens is 2. The van der Waals surface area contributed by atoms with Crippen molar-refractivity contribution in [1.29, 1.82) is 0 Å². The lowest BCUT2D eigenvalue weighted by Gasteiger charge is -2.21. The summed E-state index contributed by atoms with van der Waals surface area (Å²) in [6, 6.07) is 60.0. The number of hydrogen-bond acceptors (Lipinski definition) is 2. The molecule has 0 N–H and O–H groups in total. The molecule has 2 heterocycles. The molecule has 48 heavy (non-hydrogen) atoms. The van der Waals surface area contributed by atoms with Crippen molar-refractivity contribution in [3.05, 3.63) is 182 Å². The lowest BCUT2D eigenvalue weighted by molar-refractivity contribution is 0.669.